The van der Waals surface area contributed by atoms with Crippen LogP contribution in [0.15, 0.2) is 69.9 Å². The first-order chi connectivity index (χ1) is 16.6. The maximum atomic E-state index is 12.0. The van der Waals surface area contributed by atoms with Gasteiger partial charge in [-0.2, -0.15) is 0 Å². The summed E-state index contributed by atoms with van der Waals surface area (Å²) in [6.07, 6.45) is 3.68. The molecule has 0 saturated carbocycles. The van der Waals surface area contributed by atoms with Crippen LogP contribution >= 0.6 is 31.9 Å². The van der Waals surface area contributed by atoms with Crippen molar-refractivity contribution in [2.24, 2.45) is 14.1 Å². The Hall–Kier alpha value is -1.83. The second kappa shape index (κ2) is 16.3. The summed E-state index contributed by atoms with van der Waals surface area (Å²) in [6, 6.07) is 15.6. The Morgan fingerprint density at radius 1 is 0.816 bits per heavy atom. The molecule has 0 aliphatic heterocycles. The van der Waals surface area contributed by atoms with E-state index in [1.807, 2.05) is 68.0 Å². The molecule has 2 aromatic carbocycles. The van der Waals surface area contributed by atoms with E-state index in [0.29, 0.717) is 11.6 Å². The smallest absolute Gasteiger partial charge is 1.00 e. The van der Waals surface area contributed by atoms with Crippen molar-refractivity contribution in [1.29, 1.82) is 0 Å². The van der Waals surface area contributed by atoms with Gasteiger partial charge in [-0.15, -0.1) is 0 Å². The summed E-state index contributed by atoms with van der Waals surface area (Å²) in [7, 11) is 6.60. The second-order valence-electron chi connectivity index (χ2n) is 7.68. The topological polar surface area (TPSA) is 82.2 Å². The van der Waals surface area contributed by atoms with Crippen LogP contribution in [0.1, 0.15) is 28.2 Å². The van der Waals surface area contributed by atoms with E-state index >= 15 is 0 Å². The van der Waals surface area contributed by atoms with E-state index in [4.69, 9.17) is 4.84 Å². The van der Waals surface area contributed by atoms with Crippen molar-refractivity contribution in [3.63, 3.8) is 0 Å². The molecule has 0 saturated heterocycles. The molecular formula is C26H28Br3MgN5O3. The summed E-state index contributed by atoms with van der Waals surface area (Å²) in [6.45, 7) is 1.52. The first-order valence-electron chi connectivity index (χ1n) is 10.5. The molecular weight excluding hydrogens is 694 g/mol. The van der Waals surface area contributed by atoms with Gasteiger partial charge in [-0.25, -0.2) is 15.0 Å². The van der Waals surface area contributed by atoms with Crippen LogP contribution in [0, 0.1) is 7.43 Å². The minimum atomic E-state index is -0.284. The average Bonchev–Trinajstić information content (AvgIpc) is 3.42. The van der Waals surface area contributed by atoms with Crippen LogP contribution in [-0.4, -0.2) is 73.1 Å². The molecule has 0 radical (unpaired) electrons. The monoisotopic (exact) mass is 719 g/mol. The minimum absolute atomic E-state index is 0. The number of rotatable bonds is 5. The molecule has 2 aromatic heterocycles. The van der Waals surface area contributed by atoms with Gasteiger partial charge in [0.2, 0.25) is 5.82 Å². The number of aryl methyl sites for hydroxylation is 2. The van der Waals surface area contributed by atoms with Gasteiger partial charge in [-0.05, 0) is 24.3 Å². The van der Waals surface area contributed by atoms with Crippen molar-refractivity contribution in [1.82, 2.24) is 24.2 Å². The Morgan fingerprint density at radius 3 is 1.53 bits per heavy atom. The largest absolute Gasteiger partial charge is 2.00 e. The van der Waals surface area contributed by atoms with Crippen LogP contribution in [0.3, 0.4) is 0 Å². The van der Waals surface area contributed by atoms with Gasteiger partial charge in [0.25, 0.3) is 0 Å². The molecule has 0 spiro atoms. The summed E-state index contributed by atoms with van der Waals surface area (Å²) >= 11 is 6.77. The third-order valence-corrected chi connectivity index (χ3v) is 6.16. The Morgan fingerprint density at radius 2 is 1.18 bits per heavy atom. The predicted octanol–water partition coefficient (Wildman–Crippen LogP) is 2.61. The van der Waals surface area contributed by atoms with Gasteiger partial charge in [0.1, 0.15) is 0 Å². The van der Waals surface area contributed by atoms with E-state index in [1.165, 1.54) is 14.0 Å². The fourth-order valence-corrected chi connectivity index (χ4v) is 3.73. The summed E-state index contributed by atoms with van der Waals surface area (Å²) in [5, 5.41) is 1.15. The van der Waals surface area contributed by atoms with Crippen molar-refractivity contribution in [3.8, 4) is 22.5 Å². The minimum Gasteiger partial charge on any atom is -1.00 e. The number of aromatic nitrogens is 4. The van der Waals surface area contributed by atoms with Gasteiger partial charge >= 0.3 is 29.0 Å². The van der Waals surface area contributed by atoms with E-state index in [0.717, 1.165) is 36.5 Å². The average molecular weight is 723 g/mol. The molecule has 0 aliphatic rings. The number of benzene rings is 2. The number of hydrogen-bond donors (Lipinski definition) is 0. The van der Waals surface area contributed by atoms with Gasteiger partial charge in [0, 0.05) is 60.5 Å². The Bertz CT molecular complexity index is 1340. The first-order valence-corrected chi connectivity index (χ1v) is 12.1. The molecule has 12 heteroatoms. The number of Topliss-reactive ketones (excluding diaryl/α,β-unsaturated/α-hetero) is 1. The Labute approximate surface area is 266 Å². The van der Waals surface area contributed by atoms with Crippen LogP contribution in [-0.2, 0) is 18.9 Å². The molecule has 0 unspecified atom stereocenters. The van der Waals surface area contributed by atoms with Crippen molar-refractivity contribution in [2.75, 3.05) is 14.2 Å². The predicted molar refractivity (Wildman–Crippen MR) is 154 cm³/mol. The molecule has 0 aliphatic carbocycles. The first kappa shape index (κ1) is 36.2. The van der Waals surface area contributed by atoms with E-state index < -0.39 is 0 Å². The maximum Gasteiger partial charge on any atom is 2.00 e. The molecule has 1 amide bonds. The standard InChI is InChI=1S/C13H14BrN3O2.C12H11BrN2O.CH3.BrH.Mg/c1-16-8-11(9-4-6-10(14)7-5-9)15-12(16)13(18)17(2)19-3;1-8(16)12-14-11(7-15(12)2)9-3-5-10(13)6-4-9;;;/h4-8H,1-3H3;3-7H,1-2H3;1H3;1H;/q;;-1;;+2/p-1. The van der Waals surface area contributed by atoms with Crippen molar-refractivity contribution >= 4 is 66.6 Å². The zero-order valence-corrected chi connectivity index (χ0v) is 28.2. The molecule has 38 heavy (non-hydrogen) atoms. The van der Waals surface area contributed by atoms with E-state index in [1.54, 1.807) is 23.2 Å². The number of ketones is 1. The van der Waals surface area contributed by atoms with Crippen molar-refractivity contribution < 1.29 is 31.4 Å². The molecule has 2 heterocycles. The molecule has 4 aromatic rings. The summed E-state index contributed by atoms with van der Waals surface area (Å²) < 4.78 is 5.47. The van der Waals surface area contributed by atoms with Crippen LogP contribution in [0.4, 0.5) is 0 Å². The molecule has 198 valence electrons. The number of amides is 1. The van der Waals surface area contributed by atoms with Gasteiger partial charge in [0.05, 0.1) is 18.5 Å². The Balaban J connectivity index is 0.000000675. The molecule has 8 nitrogen and oxygen atoms in total. The normalized spacial score (nSPS) is 9.66. The number of carbonyl (C=O) groups excluding carboxylic acids is 2. The van der Waals surface area contributed by atoms with Gasteiger partial charge in [-0.3, -0.25) is 14.4 Å². The van der Waals surface area contributed by atoms with Gasteiger partial charge in [0.15, 0.2) is 11.6 Å². The van der Waals surface area contributed by atoms with Crippen LogP contribution in [0.25, 0.3) is 22.5 Å². The van der Waals surface area contributed by atoms with E-state index in [9.17, 15) is 9.59 Å². The molecule has 0 atom stereocenters. The summed E-state index contributed by atoms with van der Waals surface area (Å²) in [4.78, 5) is 36.8. The SMILES string of the molecule is CC(=O)c1nc(-c2ccc(Br)cc2)cn1C.CON(C)C(=O)c1nc(-c2ccc(Br)cc2)cn1C.[Br-].[CH3-].[Mg+2]. The fourth-order valence-electron chi connectivity index (χ4n) is 3.20. The van der Waals surface area contributed by atoms with E-state index in [-0.39, 0.29) is 59.2 Å². The van der Waals surface area contributed by atoms with Crippen LogP contribution in [0.2, 0.25) is 0 Å². The number of hydrogen-bond acceptors (Lipinski definition) is 5. The molecule has 0 N–H and O–H groups in total. The maximum absolute atomic E-state index is 12.0. The Kier molecular flexibility index (Phi) is 15.5. The number of halogens is 3. The third kappa shape index (κ3) is 9.13. The number of hydroxylamine groups is 2. The molecule has 0 bridgehead atoms. The quantitative estimate of drug-likeness (QED) is 0.137. The fraction of sp³-hybridized carbons (Fsp3) is 0.192. The molecule has 0 fully saturated rings. The van der Waals surface area contributed by atoms with Crippen LogP contribution < -0.4 is 17.0 Å². The van der Waals surface area contributed by atoms with Gasteiger partial charge in [-0.1, -0.05) is 56.1 Å². The summed E-state index contributed by atoms with van der Waals surface area (Å²) in [5.74, 6) is 0.513. The van der Waals surface area contributed by atoms with Gasteiger partial charge < -0.3 is 33.5 Å². The zero-order valence-electron chi connectivity index (χ0n) is 22.1. The van der Waals surface area contributed by atoms with Crippen molar-refractivity contribution in [3.05, 3.63) is 88.9 Å². The number of imidazole rings is 2. The van der Waals surface area contributed by atoms with Crippen LogP contribution in [0.5, 0.6) is 0 Å². The number of carbonyl (C=O) groups is 2. The molecule has 4 rings (SSSR count). The second-order valence-corrected chi connectivity index (χ2v) is 9.51. The zero-order chi connectivity index (χ0) is 25.7. The van der Waals surface area contributed by atoms with E-state index in [2.05, 4.69) is 41.8 Å². The van der Waals surface area contributed by atoms with Crippen molar-refractivity contribution in [2.45, 2.75) is 6.92 Å². The third-order valence-electron chi connectivity index (χ3n) is 5.10. The summed E-state index contributed by atoms with van der Waals surface area (Å²) in [5.41, 5.74) is 3.53. The number of nitrogens with zero attached hydrogens (tertiary/aromatic N) is 5.